The molecule has 0 amide bonds. The Morgan fingerprint density at radius 2 is 1.90 bits per heavy atom. The summed E-state index contributed by atoms with van der Waals surface area (Å²) < 4.78 is 10.9. The summed E-state index contributed by atoms with van der Waals surface area (Å²) in [5.74, 6) is 0.923. The third-order valence-corrected chi connectivity index (χ3v) is 6.58. The molecule has 1 saturated carbocycles. The molecule has 7 heteroatoms. The maximum absolute atomic E-state index is 5.59. The van der Waals surface area contributed by atoms with Gasteiger partial charge in [0.2, 0.25) is 0 Å². The van der Waals surface area contributed by atoms with Gasteiger partial charge in [-0.25, -0.2) is 0 Å². The molecule has 1 unspecified atom stereocenters. The number of rotatable bonds is 10. The topological polar surface area (TPSA) is 58.1 Å². The van der Waals surface area contributed by atoms with Gasteiger partial charge in [-0.2, -0.15) is 0 Å². The zero-order valence-corrected chi connectivity index (χ0v) is 21.8. The molecular formula is C24H41IN4O2. The van der Waals surface area contributed by atoms with Crippen molar-refractivity contribution in [3.63, 3.8) is 0 Å². The van der Waals surface area contributed by atoms with Crippen LogP contribution < -0.4 is 10.6 Å². The van der Waals surface area contributed by atoms with Gasteiger partial charge in [-0.3, -0.25) is 9.89 Å². The third-order valence-electron chi connectivity index (χ3n) is 6.58. The molecule has 1 atom stereocenters. The van der Waals surface area contributed by atoms with Crippen LogP contribution in [0.15, 0.2) is 29.3 Å². The van der Waals surface area contributed by atoms with Crippen molar-refractivity contribution < 1.29 is 9.47 Å². The number of benzene rings is 1. The minimum absolute atomic E-state index is 0. The van der Waals surface area contributed by atoms with Crippen LogP contribution in [0.1, 0.15) is 49.8 Å². The third kappa shape index (κ3) is 7.87. The Balaban J connectivity index is 0.00000341. The highest BCUT2D eigenvalue weighted by molar-refractivity contribution is 14.0. The molecule has 176 valence electrons. The molecule has 0 radical (unpaired) electrons. The summed E-state index contributed by atoms with van der Waals surface area (Å²) in [6.07, 6.45) is 4.94. The van der Waals surface area contributed by atoms with E-state index in [9.17, 15) is 0 Å². The van der Waals surface area contributed by atoms with Crippen LogP contribution in [0.4, 0.5) is 0 Å². The van der Waals surface area contributed by atoms with E-state index in [0.717, 1.165) is 64.9 Å². The van der Waals surface area contributed by atoms with Crippen molar-refractivity contribution in [1.82, 2.24) is 15.5 Å². The van der Waals surface area contributed by atoms with E-state index in [4.69, 9.17) is 14.5 Å². The van der Waals surface area contributed by atoms with Crippen molar-refractivity contribution in [1.29, 1.82) is 0 Å². The molecular weight excluding hydrogens is 503 g/mol. The first-order chi connectivity index (χ1) is 14.7. The molecule has 2 fully saturated rings. The average molecular weight is 545 g/mol. The van der Waals surface area contributed by atoms with Crippen LogP contribution in [0.3, 0.4) is 0 Å². The molecule has 1 aliphatic heterocycles. The van der Waals surface area contributed by atoms with E-state index in [1.54, 1.807) is 7.11 Å². The first-order valence-corrected chi connectivity index (χ1v) is 11.6. The number of halogens is 1. The number of aliphatic imine (C=N–C) groups is 1. The number of nitrogens with zero attached hydrogens (tertiary/aromatic N) is 2. The number of nitrogens with one attached hydrogen (secondary N) is 2. The Hall–Kier alpha value is -0.900. The van der Waals surface area contributed by atoms with Crippen molar-refractivity contribution in [2.45, 2.75) is 45.6 Å². The second-order valence-electron chi connectivity index (χ2n) is 8.75. The molecule has 2 N–H and O–H groups in total. The molecule has 31 heavy (non-hydrogen) atoms. The summed E-state index contributed by atoms with van der Waals surface area (Å²) in [5, 5.41) is 7.08. The van der Waals surface area contributed by atoms with Crippen LogP contribution in [0.25, 0.3) is 0 Å². The standard InChI is InChI=1S/C24H40N4O2.HI/c1-4-25-23(27-19-24(10-5-11-24)12-15-29-3)26-18-22(28-13-16-30-17-14-28)21-8-6-20(2)7-9-21;/h6-9,22H,4-5,10-19H2,1-3H3,(H2,25,26,27);1H. The molecule has 0 aromatic heterocycles. The SMILES string of the molecule is CCNC(=NCC1(CCOC)CCC1)NCC(c1ccc(C)cc1)N1CCOCC1.I. The molecule has 1 heterocycles. The Labute approximate surface area is 205 Å². The Morgan fingerprint density at radius 1 is 1.19 bits per heavy atom. The van der Waals surface area contributed by atoms with Crippen LogP contribution in [0.5, 0.6) is 0 Å². The molecule has 2 aliphatic rings. The van der Waals surface area contributed by atoms with Crippen molar-refractivity contribution in [3.05, 3.63) is 35.4 Å². The lowest BCUT2D eigenvalue weighted by atomic mass is 9.67. The minimum atomic E-state index is 0. The summed E-state index contributed by atoms with van der Waals surface area (Å²) in [6.45, 7) is 11.2. The minimum Gasteiger partial charge on any atom is -0.385 e. The number of methoxy groups -OCH3 is 1. The zero-order chi connectivity index (χ0) is 21.2. The van der Waals surface area contributed by atoms with Gasteiger partial charge in [-0.15, -0.1) is 24.0 Å². The monoisotopic (exact) mass is 544 g/mol. The van der Waals surface area contributed by atoms with Crippen LogP contribution in [-0.2, 0) is 9.47 Å². The number of hydrogen-bond donors (Lipinski definition) is 2. The van der Waals surface area contributed by atoms with Crippen molar-refractivity contribution >= 4 is 29.9 Å². The van der Waals surface area contributed by atoms with Gasteiger partial charge in [0.05, 0.1) is 19.3 Å². The van der Waals surface area contributed by atoms with E-state index < -0.39 is 0 Å². The quantitative estimate of drug-likeness (QED) is 0.267. The van der Waals surface area contributed by atoms with Crippen LogP contribution in [-0.4, -0.2) is 70.5 Å². The van der Waals surface area contributed by atoms with Crippen molar-refractivity contribution in [2.24, 2.45) is 10.4 Å². The van der Waals surface area contributed by atoms with Gasteiger partial charge in [0.25, 0.3) is 0 Å². The first kappa shape index (κ1) is 26.4. The fraction of sp³-hybridized carbons (Fsp3) is 0.708. The summed E-state index contributed by atoms with van der Waals surface area (Å²) in [5.41, 5.74) is 2.98. The molecule has 6 nitrogen and oxygen atoms in total. The molecule has 3 rings (SSSR count). The highest BCUT2D eigenvalue weighted by Gasteiger charge is 2.36. The Kier molecular flexibility index (Phi) is 11.6. The summed E-state index contributed by atoms with van der Waals surface area (Å²) in [6, 6.07) is 9.24. The average Bonchev–Trinajstić information content (AvgIpc) is 2.74. The summed E-state index contributed by atoms with van der Waals surface area (Å²) in [7, 11) is 1.79. The maximum Gasteiger partial charge on any atom is 0.191 e. The molecule has 1 saturated heterocycles. The lowest BCUT2D eigenvalue weighted by Gasteiger charge is -2.41. The summed E-state index contributed by atoms with van der Waals surface area (Å²) in [4.78, 5) is 7.51. The van der Waals surface area contributed by atoms with E-state index in [2.05, 4.69) is 53.6 Å². The van der Waals surface area contributed by atoms with Crippen LogP contribution in [0.2, 0.25) is 0 Å². The number of guanidine groups is 1. The van der Waals surface area contributed by atoms with Crippen LogP contribution in [0, 0.1) is 12.3 Å². The predicted molar refractivity (Wildman–Crippen MR) is 138 cm³/mol. The van der Waals surface area contributed by atoms with E-state index in [-0.39, 0.29) is 24.0 Å². The van der Waals surface area contributed by atoms with Crippen molar-refractivity contribution in [2.75, 3.05) is 59.7 Å². The van der Waals surface area contributed by atoms with E-state index in [1.165, 1.54) is 30.4 Å². The molecule has 0 spiro atoms. The number of ether oxygens (including phenoxy) is 2. The number of morpholine rings is 1. The largest absolute Gasteiger partial charge is 0.385 e. The fourth-order valence-corrected chi connectivity index (χ4v) is 4.40. The van der Waals surface area contributed by atoms with Gasteiger partial charge in [0, 0.05) is 46.4 Å². The Morgan fingerprint density at radius 3 is 2.48 bits per heavy atom. The van der Waals surface area contributed by atoms with Crippen LogP contribution >= 0.6 is 24.0 Å². The van der Waals surface area contributed by atoms with Gasteiger partial charge in [0.15, 0.2) is 5.96 Å². The Bertz CT molecular complexity index is 658. The zero-order valence-electron chi connectivity index (χ0n) is 19.5. The normalized spacial score (nSPS) is 19.8. The highest BCUT2D eigenvalue weighted by atomic mass is 127. The van der Waals surface area contributed by atoms with Gasteiger partial charge in [0.1, 0.15) is 0 Å². The lowest BCUT2D eigenvalue weighted by Crippen LogP contribution is -2.46. The maximum atomic E-state index is 5.59. The first-order valence-electron chi connectivity index (χ1n) is 11.6. The predicted octanol–water partition coefficient (Wildman–Crippen LogP) is 3.75. The molecule has 1 aromatic carbocycles. The smallest absolute Gasteiger partial charge is 0.191 e. The second-order valence-corrected chi connectivity index (χ2v) is 8.75. The fourth-order valence-electron chi connectivity index (χ4n) is 4.40. The van der Waals surface area contributed by atoms with Gasteiger partial charge < -0.3 is 20.1 Å². The lowest BCUT2D eigenvalue weighted by molar-refractivity contribution is 0.0170. The molecule has 1 aromatic rings. The second kappa shape index (κ2) is 13.6. The molecule has 1 aliphatic carbocycles. The highest BCUT2D eigenvalue weighted by Crippen LogP contribution is 2.44. The van der Waals surface area contributed by atoms with Gasteiger partial charge in [-0.1, -0.05) is 36.2 Å². The van der Waals surface area contributed by atoms with E-state index in [1.807, 2.05) is 0 Å². The van der Waals surface area contributed by atoms with Crippen molar-refractivity contribution in [3.8, 4) is 0 Å². The number of aryl methyl sites for hydroxylation is 1. The summed E-state index contributed by atoms with van der Waals surface area (Å²) >= 11 is 0. The van der Waals surface area contributed by atoms with Gasteiger partial charge >= 0.3 is 0 Å². The number of hydrogen-bond acceptors (Lipinski definition) is 4. The van der Waals surface area contributed by atoms with E-state index >= 15 is 0 Å². The molecule has 0 bridgehead atoms. The van der Waals surface area contributed by atoms with E-state index in [0.29, 0.717) is 11.5 Å². The van der Waals surface area contributed by atoms with Gasteiger partial charge in [-0.05, 0) is 44.1 Å².